The Morgan fingerprint density at radius 1 is 1.37 bits per heavy atom. The van der Waals surface area contributed by atoms with Crippen LogP contribution in [0.5, 0.6) is 0 Å². The fourth-order valence-corrected chi connectivity index (χ4v) is 2.10. The van der Waals surface area contributed by atoms with E-state index in [4.69, 9.17) is 22.1 Å². The molecule has 1 aliphatic heterocycles. The van der Waals surface area contributed by atoms with E-state index in [1.165, 1.54) is 0 Å². The molecule has 2 rings (SSSR count). The molecule has 2 atom stereocenters. The van der Waals surface area contributed by atoms with Crippen LogP contribution in [0.15, 0.2) is 24.3 Å². The van der Waals surface area contributed by atoms with Crippen molar-refractivity contribution in [2.75, 3.05) is 6.54 Å². The van der Waals surface area contributed by atoms with Gasteiger partial charge in [-0.15, -0.1) is 12.4 Å². The van der Waals surface area contributed by atoms with Crippen molar-refractivity contribution in [2.24, 2.45) is 5.73 Å². The van der Waals surface area contributed by atoms with Gasteiger partial charge in [-0.3, -0.25) is 4.79 Å². The molecule has 1 heterocycles. The van der Waals surface area contributed by atoms with Crippen LogP contribution in [-0.4, -0.2) is 24.7 Å². The Kier molecular flexibility index (Phi) is 6.58. The van der Waals surface area contributed by atoms with Gasteiger partial charge in [-0.25, -0.2) is 0 Å². The summed E-state index contributed by atoms with van der Waals surface area (Å²) in [5, 5.41) is 3.55. The van der Waals surface area contributed by atoms with Crippen molar-refractivity contribution in [3.63, 3.8) is 0 Å². The quantitative estimate of drug-likeness (QED) is 0.893. The van der Waals surface area contributed by atoms with Crippen LogP contribution in [0.3, 0.4) is 0 Å². The molecule has 6 heteroatoms. The van der Waals surface area contributed by atoms with E-state index in [0.717, 1.165) is 18.4 Å². The van der Waals surface area contributed by atoms with Gasteiger partial charge in [0, 0.05) is 18.1 Å². The van der Waals surface area contributed by atoms with E-state index in [0.29, 0.717) is 18.1 Å². The number of ether oxygens (including phenoxy) is 1. The normalized spacial score (nSPS) is 21.8. The Hall–Kier alpha value is -0.810. The average molecular weight is 305 g/mol. The molecule has 1 aromatic carbocycles. The number of nitrogens with one attached hydrogen (secondary N) is 1. The average Bonchev–Trinajstić information content (AvgIpc) is 2.86. The third-order valence-corrected chi connectivity index (χ3v) is 3.29. The minimum atomic E-state index is -0.356. The summed E-state index contributed by atoms with van der Waals surface area (Å²) in [4.78, 5) is 11.8. The maximum absolute atomic E-state index is 11.8. The fourth-order valence-electron chi connectivity index (χ4n) is 1.98. The Morgan fingerprint density at radius 2 is 2.05 bits per heavy atom. The molecular weight excluding hydrogens is 287 g/mol. The molecule has 1 amide bonds. The van der Waals surface area contributed by atoms with Crippen LogP contribution in [0.4, 0.5) is 0 Å². The molecule has 1 saturated heterocycles. The van der Waals surface area contributed by atoms with Gasteiger partial charge < -0.3 is 15.8 Å². The lowest BCUT2D eigenvalue weighted by atomic mass is 10.2. The molecule has 0 aliphatic carbocycles. The molecule has 0 radical (unpaired) electrons. The first-order valence-corrected chi connectivity index (χ1v) is 6.44. The molecule has 4 nitrogen and oxygen atoms in total. The maximum Gasteiger partial charge on any atom is 0.249 e. The molecule has 0 saturated carbocycles. The van der Waals surface area contributed by atoms with E-state index in [2.05, 4.69) is 5.32 Å². The largest absolute Gasteiger partial charge is 0.364 e. The zero-order chi connectivity index (χ0) is 13.0. The lowest BCUT2D eigenvalue weighted by molar-refractivity contribution is -0.132. The van der Waals surface area contributed by atoms with Crippen molar-refractivity contribution < 1.29 is 9.53 Å². The standard InChI is InChI=1S/C13H17ClN2O2.ClH/c14-10-3-1-9(2-4-10)8-16-13(17)12-6-5-11(7-15)18-12;/h1-4,11-12H,5-8,15H2,(H,16,17);1H/t11-,12+;/m1./s1. The highest BCUT2D eigenvalue weighted by atomic mass is 35.5. The predicted octanol–water partition coefficient (Wildman–Crippen LogP) is 1.88. The minimum absolute atomic E-state index is 0. The summed E-state index contributed by atoms with van der Waals surface area (Å²) in [5.74, 6) is -0.0686. The van der Waals surface area contributed by atoms with Crippen molar-refractivity contribution in [1.29, 1.82) is 0 Å². The molecule has 106 valence electrons. The van der Waals surface area contributed by atoms with Crippen LogP contribution in [0.1, 0.15) is 18.4 Å². The molecule has 0 bridgehead atoms. The van der Waals surface area contributed by atoms with Gasteiger partial charge in [-0.1, -0.05) is 23.7 Å². The summed E-state index contributed by atoms with van der Waals surface area (Å²) >= 11 is 5.79. The Balaban J connectivity index is 0.00000180. The summed E-state index contributed by atoms with van der Waals surface area (Å²) < 4.78 is 5.52. The number of amides is 1. The van der Waals surface area contributed by atoms with Gasteiger partial charge in [0.25, 0.3) is 0 Å². The van der Waals surface area contributed by atoms with E-state index in [1.807, 2.05) is 12.1 Å². The van der Waals surface area contributed by atoms with Gasteiger partial charge in [0.1, 0.15) is 6.10 Å². The Bertz CT molecular complexity index is 412. The number of nitrogens with two attached hydrogens (primary N) is 1. The summed E-state index contributed by atoms with van der Waals surface area (Å²) in [5.41, 5.74) is 6.52. The first-order chi connectivity index (χ1) is 8.69. The van der Waals surface area contributed by atoms with Gasteiger partial charge in [0.2, 0.25) is 5.91 Å². The zero-order valence-corrected chi connectivity index (χ0v) is 12.0. The molecule has 1 fully saturated rings. The summed E-state index contributed by atoms with van der Waals surface area (Å²) in [6.45, 7) is 0.962. The molecule has 3 N–H and O–H groups in total. The van der Waals surface area contributed by atoms with Gasteiger partial charge in [0.15, 0.2) is 0 Å². The number of hydrogen-bond acceptors (Lipinski definition) is 3. The zero-order valence-electron chi connectivity index (χ0n) is 10.5. The number of halogens is 2. The highest BCUT2D eigenvalue weighted by Crippen LogP contribution is 2.19. The Labute approximate surface area is 124 Å². The van der Waals surface area contributed by atoms with E-state index in [-0.39, 0.29) is 30.5 Å². The van der Waals surface area contributed by atoms with Gasteiger partial charge in [0.05, 0.1) is 6.10 Å². The van der Waals surface area contributed by atoms with Crippen LogP contribution in [0.25, 0.3) is 0 Å². The minimum Gasteiger partial charge on any atom is -0.364 e. The summed E-state index contributed by atoms with van der Waals surface area (Å²) in [6, 6.07) is 7.39. The molecular formula is C13H18Cl2N2O2. The Morgan fingerprint density at radius 3 is 2.63 bits per heavy atom. The van der Waals surface area contributed by atoms with E-state index in [9.17, 15) is 4.79 Å². The van der Waals surface area contributed by atoms with Crippen LogP contribution < -0.4 is 11.1 Å². The fraction of sp³-hybridized carbons (Fsp3) is 0.462. The van der Waals surface area contributed by atoms with Gasteiger partial charge in [-0.2, -0.15) is 0 Å². The third kappa shape index (κ3) is 4.66. The first-order valence-electron chi connectivity index (χ1n) is 6.06. The topological polar surface area (TPSA) is 64.4 Å². The highest BCUT2D eigenvalue weighted by Gasteiger charge is 2.29. The SMILES string of the molecule is Cl.NC[C@H]1CC[C@@H](C(=O)NCc2ccc(Cl)cc2)O1. The lowest BCUT2D eigenvalue weighted by Gasteiger charge is -2.12. The second-order valence-corrected chi connectivity index (χ2v) is 4.84. The van der Waals surface area contributed by atoms with Crippen LogP contribution >= 0.6 is 24.0 Å². The highest BCUT2D eigenvalue weighted by molar-refractivity contribution is 6.30. The second-order valence-electron chi connectivity index (χ2n) is 4.40. The predicted molar refractivity (Wildman–Crippen MR) is 77.5 cm³/mol. The van der Waals surface area contributed by atoms with Crippen molar-refractivity contribution in [1.82, 2.24) is 5.32 Å². The molecule has 1 aliphatic rings. The van der Waals surface area contributed by atoms with Crippen LogP contribution in [0, 0.1) is 0 Å². The number of rotatable bonds is 4. The van der Waals surface area contributed by atoms with Crippen molar-refractivity contribution in [2.45, 2.75) is 31.6 Å². The van der Waals surface area contributed by atoms with E-state index >= 15 is 0 Å². The molecule has 0 spiro atoms. The number of benzene rings is 1. The summed E-state index contributed by atoms with van der Waals surface area (Å²) in [6.07, 6.45) is 1.27. The van der Waals surface area contributed by atoms with Crippen LogP contribution in [0.2, 0.25) is 5.02 Å². The van der Waals surface area contributed by atoms with Crippen molar-refractivity contribution >= 4 is 29.9 Å². The molecule has 0 unspecified atom stereocenters. The monoisotopic (exact) mass is 304 g/mol. The smallest absolute Gasteiger partial charge is 0.249 e. The molecule has 19 heavy (non-hydrogen) atoms. The third-order valence-electron chi connectivity index (χ3n) is 3.04. The number of carbonyl (C=O) groups is 1. The second kappa shape index (κ2) is 7.70. The van der Waals surface area contributed by atoms with Crippen molar-refractivity contribution in [3.8, 4) is 0 Å². The van der Waals surface area contributed by atoms with E-state index in [1.54, 1.807) is 12.1 Å². The molecule has 0 aromatic heterocycles. The van der Waals surface area contributed by atoms with Crippen molar-refractivity contribution in [3.05, 3.63) is 34.9 Å². The van der Waals surface area contributed by atoms with Gasteiger partial charge in [-0.05, 0) is 30.5 Å². The lowest BCUT2D eigenvalue weighted by Crippen LogP contribution is -2.35. The van der Waals surface area contributed by atoms with Crippen LogP contribution in [-0.2, 0) is 16.1 Å². The molecule has 1 aromatic rings. The van der Waals surface area contributed by atoms with Gasteiger partial charge >= 0.3 is 0 Å². The first kappa shape index (κ1) is 16.2. The maximum atomic E-state index is 11.8. The summed E-state index contributed by atoms with van der Waals surface area (Å²) in [7, 11) is 0. The number of carbonyl (C=O) groups excluding carboxylic acids is 1. The van der Waals surface area contributed by atoms with E-state index < -0.39 is 0 Å². The number of hydrogen-bond donors (Lipinski definition) is 2.